The predicted molar refractivity (Wildman–Crippen MR) is 93.6 cm³/mol. The topological polar surface area (TPSA) is 52.2 Å². The lowest BCUT2D eigenvalue weighted by molar-refractivity contribution is -0.255. The lowest BCUT2D eigenvalue weighted by Gasteiger charge is -2.38. The molecule has 0 unspecified atom stereocenters. The van der Waals surface area contributed by atoms with Crippen LogP contribution in [0.25, 0.3) is 0 Å². The van der Waals surface area contributed by atoms with E-state index in [0.717, 1.165) is 23.2 Å². The molecule has 0 saturated carbocycles. The van der Waals surface area contributed by atoms with E-state index in [-0.39, 0.29) is 17.5 Å². The van der Waals surface area contributed by atoms with E-state index in [1.54, 1.807) is 18.2 Å². The summed E-state index contributed by atoms with van der Waals surface area (Å²) in [5.41, 5.74) is 3.24. The molecular formula is C19H14Cl2NO2-. The summed E-state index contributed by atoms with van der Waals surface area (Å²) in [6, 6.07) is 10.6. The molecule has 0 amide bonds. The van der Waals surface area contributed by atoms with Gasteiger partial charge in [-0.25, -0.2) is 0 Å². The van der Waals surface area contributed by atoms with Gasteiger partial charge >= 0.3 is 0 Å². The molecule has 0 bridgehead atoms. The number of carboxylic acids is 1. The summed E-state index contributed by atoms with van der Waals surface area (Å²) >= 11 is 12.6. The van der Waals surface area contributed by atoms with Crippen LogP contribution in [0.5, 0.6) is 0 Å². The largest absolute Gasteiger partial charge is 0.545 e. The Morgan fingerprint density at radius 1 is 1.17 bits per heavy atom. The maximum Gasteiger partial charge on any atom is 0.0715 e. The fourth-order valence-electron chi connectivity index (χ4n) is 3.78. The van der Waals surface area contributed by atoms with Crippen LogP contribution >= 0.6 is 23.2 Å². The number of hydrogen-bond acceptors (Lipinski definition) is 3. The van der Waals surface area contributed by atoms with Crippen LogP contribution in [0.1, 0.15) is 39.9 Å². The Balaban J connectivity index is 1.76. The molecule has 2 aromatic rings. The van der Waals surface area contributed by atoms with Crippen molar-refractivity contribution >= 4 is 34.9 Å². The van der Waals surface area contributed by atoms with Crippen LogP contribution in [-0.4, -0.2) is 5.97 Å². The van der Waals surface area contributed by atoms with Gasteiger partial charge in [-0.2, -0.15) is 0 Å². The Kier molecular flexibility index (Phi) is 3.78. The molecule has 3 atom stereocenters. The van der Waals surface area contributed by atoms with Gasteiger partial charge < -0.3 is 15.2 Å². The summed E-state index contributed by atoms with van der Waals surface area (Å²) in [6.07, 6.45) is 5.34. The van der Waals surface area contributed by atoms with Gasteiger partial charge in [-0.15, -0.1) is 0 Å². The summed E-state index contributed by atoms with van der Waals surface area (Å²) in [4.78, 5) is 10.9. The maximum atomic E-state index is 10.9. The molecule has 0 spiro atoms. The van der Waals surface area contributed by atoms with Crippen LogP contribution < -0.4 is 10.4 Å². The number of carbonyl (C=O) groups is 1. The van der Waals surface area contributed by atoms with Gasteiger partial charge in [0, 0.05) is 10.9 Å². The number of anilines is 1. The molecule has 5 heteroatoms. The first-order valence-corrected chi connectivity index (χ1v) is 8.53. The average molecular weight is 359 g/mol. The Morgan fingerprint density at radius 2 is 1.92 bits per heavy atom. The molecule has 0 radical (unpaired) electrons. The van der Waals surface area contributed by atoms with Crippen molar-refractivity contribution in [3.8, 4) is 0 Å². The Labute approximate surface area is 149 Å². The first-order chi connectivity index (χ1) is 11.5. The summed E-state index contributed by atoms with van der Waals surface area (Å²) in [7, 11) is 0. The standard InChI is InChI=1S/C19H15Cl2NO2/c20-12-8-15-13-2-1-3-14(13)17(22-18(15)16(21)9-12)10-4-6-11(7-5-10)19(23)24/h1-2,4-9,13-14,17,22H,3H2,(H,23,24)/p-1/t13-,14-,17-/m0/s1. The second-order valence-corrected chi connectivity index (χ2v) is 7.08. The molecular weight excluding hydrogens is 345 g/mol. The fourth-order valence-corrected chi connectivity index (χ4v) is 4.34. The predicted octanol–water partition coefficient (Wildman–Crippen LogP) is 4.18. The fraction of sp³-hybridized carbons (Fsp3) is 0.211. The Hall–Kier alpha value is -1.97. The highest BCUT2D eigenvalue weighted by atomic mass is 35.5. The summed E-state index contributed by atoms with van der Waals surface area (Å²) < 4.78 is 0. The number of allylic oxidation sites excluding steroid dienone is 2. The third kappa shape index (κ3) is 2.48. The molecule has 2 aliphatic rings. The monoisotopic (exact) mass is 358 g/mol. The van der Waals surface area contributed by atoms with Crippen molar-refractivity contribution < 1.29 is 9.90 Å². The Bertz CT molecular complexity index is 845. The molecule has 1 heterocycles. The minimum absolute atomic E-state index is 0.0620. The smallest absolute Gasteiger partial charge is 0.0715 e. The zero-order valence-electron chi connectivity index (χ0n) is 12.6. The number of nitrogens with one attached hydrogen (secondary N) is 1. The zero-order valence-corrected chi connectivity index (χ0v) is 14.1. The summed E-state index contributed by atoms with van der Waals surface area (Å²) in [6.45, 7) is 0. The number of fused-ring (bicyclic) bond motifs is 3. The molecule has 1 aliphatic carbocycles. The van der Waals surface area contributed by atoms with E-state index >= 15 is 0 Å². The van der Waals surface area contributed by atoms with Gasteiger partial charge in [0.1, 0.15) is 0 Å². The SMILES string of the molecule is O=C([O-])c1ccc([C@@H]2Nc3c(Cl)cc(Cl)cc3[C@H]3C=CC[C@@H]32)cc1. The molecule has 0 fully saturated rings. The molecule has 4 rings (SSSR count). The van der Waals surface area contributed by atoms with E-state index < -0.39 is 5.97 Å². The second-order valence-electron chi connectivity index (χ2n) is 6.24. The van der Waals surface area contributed by atoms with Crippen molar-refractivity contribution in [1.29, 1.82) is 0 Å². The molecule has 1 N–H and O–H groups in total. The van der Waals surface area contributed by atoms with Crippen LogP contribution in [0, 0.1) is 5.92 Å². The van der Waals surface area contributed by atoms with Crippen molar-refractivity contribution in [2.75, 3.05) is 5.32 Å². The number of aromatic carboxylic acids is 1. The van der Waals surface area contributed by atoms with Crippen LogP contribution in [0.4, 0.5) is 5.69 Å². The van der Waals surface area contributed by atoms with E-state index in [1.165, 1.54) is 0 Å². The Morgan fingerprint density at radius 3 is 2.62 bits per heavy atom. The highest BCUT2D eigenvalue weighted by molar-refractivity contribution is 6.36. The minimum atomic E-state index is -1.17. The summed E-state index contributed by atoms with van der Waals surface area (Å²) in [5.74, 6) is -0.564. The normalized spacial score (nSPS) is 24.2. The highest BCUT2D eigenvalue weighted by Crippen LogP contribution is 2.52. The quantitative estimate of drug-likeness (QED) is 0.819. The second kappa shape index (κ2) is 5.83. The van der Waals surface area contributed by atoms with Crippen molar-refractivity contribution in [3.05, 3.63) is 75.3 Å². The number of benzene rings is 2. The molecule has 122 valence electrons. The molecule has 0 aromatic heterocycles. The lowest BCUT2D eigenvalue weighted by atomic mass is 9.77. The van der Waals surface area contributed by atoms with Gasteiger partial charge in [0.2, 0.25) is 0 Å². The molecule has 2 aromatic carbocycles. The van der Waals surface area contributed by atoms with Gasteiger partial charge in [0.15, 0.2) is 0 Å². The van der Waals surface area contributed by atoms with Gasteiger partial charge in [0.05, 0.1) is 22.7 Å². The van der Waals surface area contributed by atoms with Gasteiger partial charge in [-0.3, -0.25) is 0 Å². The van der Waals surface area contributed by atoms with Crippen LogP contribution in [-0.2, 0) is 0 Å². The van der Waals surface area contributed by atoms with E-state index in [2.05, 4.69) is 17.5 Å². The first kappa shape index (κ1) is 15.6. The lowest BCUT2D eigenvalue weighted by Crippen LogP contribution is -2.29. The van der Waals surface area contributed by atoms with Crippen molar-refractivity contribution in [2.45, 2.75) is 18.4 Å². The minimum Gasteiger partial charge on any atom is -0.545 e. The van der Waals surface area contributed by atoms with Crippen LogP contribution in [0.15, 0.2) is 48.6 Å². The summed E-state index contributed by atoms with van der Waals surface area (Å²) in [5, 5.41) is 15.7. The zero-order chi connectivity index (χ0) is 16.8. The number of rotatable bonds is 2. The van der Waals surface area contributed by atoms with Crippen LogP contribution in [0.2, 0.25) is 10.0 Å². The third-order valence-electron chi connectivity index (χ3n) is 4.89. The van der Waals surface area contributed by atoms with Crippen molar-refractivity contribution in [1.82, 2.24) is 0 Å². The molecule has 24 heavy (non-hydrogen) atoms. The molecule has 3 nitrogen and oxygen atoms in total. The van der Waals surface area contributed by atoms with Gasteiger partial charge in [0.25, 0.3) is 0 Å². The van der Waals surface area contributed by atoms with Gasteiger partial charge in [-0.1, -0.05) is 59.6 Å². The molecule has 0 saturated heterocycles. The van der Waals surface area contributed by atoms with Crippen molar-refractivity contribution in [3.63, 3.8) is 0 Å². The third-order valence-corrected chi connectivity index (χ3v) is 5.41. The first-order valence-electron chi connectivity index (χ1n) is 7.78. The molecule has 1 aliphatic heterocycles. The maximum absolute atomic E-state index is 10.9. The van der Waals surface area contributed by atoms with E-state index in [1.807, 2.05) is 18.2 Å². The van der Waals surface area contributed by atoms with Gasteiger partial charge in [-0.05, 0) is 41.2 Å². The average Bonchev–Trinajstić information content (AvgIpc) is 3.04. The van der Waals surface area contributed by atoms with Crippen molar-refractivity contribution in [2.24, 2.45) is 5.92 Å². The van der Waals surface area contributed by atoms with E-state index in [4.69, 9.17) is 23.2 Å². The van der Waals surface area contributed by atoms with Crippen LogP contribution in [0.3, 0.4) is 0 Å². The number of carbonyl (C=O) groups excluding carboxylic acids is 1. The number of halogens is 2. The highest BCUT2D eigenvalue weighted by Gasteiger charge is 2.38. The van der Waals surface area contributed by atoms with E-state index in [0.29, 0.717) is 16.0 Å². The van der Waals surface area contributed by atoms with E-state index in [9.17, 15) is 9.90 Å². The number of carboxylic acid groups (broad SMARTS) is 1. The number of hydrogen-bond donors (Lipinski definition) is 1.